The minimum absolute atomic E-state index is 0.164. The average Bonchev–Trinajstić information content (AvgIpc) is 3.62. The molecule has 1 aliphatic carbocycles. The molecule has 4 aliphatic rings. The summed E-state index contributed by atoms with van der Waals surface area (Å²) in [7, 11) is 3.02. The fourth-order valence-electron chi connectivity index (χ4n) is 5.75. The molecule has 0 amide bonds. The summed E-state index contributed by atoms with van der Waals surface area (Å²) in [5, 5.41) is 0. The van der Waals surface area contributed by atoms with Crippen LogP contribution in [0.3, 0.4) is 0 Å². The monoisotopic (exact) mass is 463 g/mol. The van der Waals surface area contributed by atoms with Gasteiger partial charge < -0.3 is 28.6 Å². The van der Waals surface area contributed by atoms with E-state index in [4.69, 9.17) is 23.7 Å². The van der Waals surface area contributed by atoms with E-state index in [1.165, 1.54) is 14.2 Å². The molecule has 3 heterocycles. The highest BCUT2D eigenvalue weighted by molar-refractivity contribution is 5.98. The van der Waals surface area contributed by atoms with Gasteiger partial charge in [0.05, 0.1) is 31.1 Å². The predicted molar refractivity (Wildman–Crippen MR) is 122 cm³/mol. The van der Waals surface area contributed by atoms with E-state index < -0.39 is 5.92 Å². The third-order valence-electron chi connectivity index (χ3n) is 7.25. The Balaban J connectivity index is 1.61. The number of cyclic esters (lactones) is 1. The summed E-state index contributed by atoms with van der Waals surface area (Å²) in [4.78, 5) is 27.2. The van der Waals surface area contributed by atoms with Gasteiger partial charge in [-0.15, -0.1) is 0 Å². The number of carbonyl (C=O) groups is 2. The highest BCUT2D eigenvalue weighted by atomic mass is 16.7. The summed E-state index contributed by atoms with van der Waals surface area (Å²) < 4.78 is 28.0. The SMILES string of the molecule is COc1cc(C2C3=C(COC3=O)N(C3CCCC3)c3cc4c(cc32)OCO4)cc(OC)c1C=O. The molecule has 0 saturated heterocycles. The van der Waals surface area contributed by atoms with Crippen LogP contribution in [0.4, 0.5) is 5.69 Å². The molecule has 176 valence electrons. The normalized spacial score (nSPS) is 20.8. The van der Waals surface area contributed by atoms with Crippen LogP contribution >= 0.6 is 0 Å². The maximum atomic E-state index is 13.1. The van der Waals surface area contributed by atoms with Gasteiger partial charge >= 0.3 is 5.97 Å². The largest absolute Gasteiger partial charge is 0.496 e. The van der Waals surface area contributed by atoms with E-state index in [-0.39, 0.29) is 19.4 Å². The molecule has 1 saturated carbocycles. The van der Waals surface area contributed by atoms with Crippen LogP contribution in [0, 0.1) is 0 Å². The Morgan fingerprint density at radius 2 is 1.65 bits per heavy atom. The van der Waals surface area contributed by atoms with Crippen LogP contribution in [0.5, 0.6) is 23.0 Å². The number of methoxy groups -OCH3 is 2. The van der Waals surface area contributed by atoms with E-state index >= 15 is 0 Å². The molecule has 0 aromatic heterocycles. The van der Waals surface area contributed by atoms with Crippen molar-refractivity contribution in [3.05, 3.63) is 52.2 Å². The molecule has 2 aromatic carbocycles. The zero-order chi connectivity index (χ0) is 23.4. The number of anilines is 1. The summed E-state index contributed by atoms with van der Waals surface area (Å²) in [6.45, 7) is 0.396. The zero-order valence-electron chi connectivity index (χ0n) is 19.1. The molecular formula is C26H25NO7. The van der Waals surface area contributed by atoms with Crippen molar-refractivity contribution >= 4 is 17.9 Å². The van der Waals surface area contributed by atoms with Crippen molar-refractivity contribution < 1.29 is 33.3 Å². The first-order valence-electron chi connectivity index (χ1n) is 11.5. The maximum Gasteiger partial charge on any atom is 0.337 e. The summed E-state index contributed by atoms with van der Waals surface area (Å²) in [5.41, 5.74) is 4.53. The van der Waals surface area contributed by atoms with Gasteiger partial charge in [-0.1, -0.05) is 12.8 Å². The number of nitrogens with zero attached hydrogens (tertiary/aromatic N) is 1. The molecule has 0 radical (unpaired) electrons. The Kier molecular flexibility index (Phi) is 4.90. The Bertz CT molecular complexity index is 1200. The molecule has 0 spiro atoms. The van der Waals surface area contributed by atoms with Gasteiger partial charge in [0.2, 0.25) is 6.79 Å². The number of fused-ring (bicyclic) bond motifs is 2. The molecule has 34 heavy (non-hydrogen) atoms. The molecule has 6 rings (SSSR count). The molecule has 1 atom stereocenters. The number of aldehydes is 1. The molecule has 0 N–H and O–H groups in total. The van der Waals surface area contributed by atoms with Crippen LogP contribution in [0.15, 0.2) is 35.5 Å². The van der Waals surface area contributed by atoms with Gasteiger partial charge in [-0.3, -0.25) is 4.79 Å². The Labute approximate surface area is 197 Å². The first-order valence-corrected chi connectivity index (χ1v) is 11.5. The van der Waals surface area contributed by atoms with Crippen LogP contribution in [0.2, 0.25) is 0 Å². The van der Waals surface area contributed by atoms with E-state index in [0.29, 0.717) is 46.5 Å². The smallest absolute Gasteiger partial charge is 0.337 e. The number of benzene rings is 2. The van der Waals surface area contributed by atoms with Gasteiger partial charge in [-0.25, -0.2) is 4.79 Å². The van der Waals surface area contributed by atoms with Gasteiger partial charge in [0.15, 0.2) is 17.8 Å². The average molecular weight is 463 g/mol. The number of esters is 1. The van der Waals surface area contributed by atoms with Crippen molar-refractivity contribution in [2.24, 2.45) is 0 Å². The topological polar surface area (TPSA) is 83.5 Å². The minimum atomic E-state index is -0.435. The van der Waals surface area contributed by atoms with Crippen LogP contribution < -0.4 is 23.8 Å². The van der Waals surface area contributed by atoms with Crippen molar-refractivity contribution in [2.75, 3.05) is 32.5 Å². The number of hydrogen-bond acceptors (Lipinski definition) is 8. The molecule has 2 aromatic rings. The second-order valence-electron chi connectivity index (χ2n) is 8.90. The molecule has 1 unspecified atom stereocenters. The Hall–Kier alpha value is -3.68. The van der Waals surface area contributed by atoms with Crippen LogP contribution in [0.1, 0.15) is 53.1 Å². The first kappa shape index (κ1) is 20.9. The van der Waals surface area contributed by atoms with Crippen molar-refractivity contribution in [3.63, 3.8) is 0 Å². The summed E-state index contributed by atoms with van der Waals surface area (Å²) in [5.74, 6) is 1.35. The maximum absolute atomic E-state index is 13.1. The minimum Gasteiger partial charge on any atom is -0.496 e. The van der Waals surface area contributed by atoms with Crippen LogP contribution in [0.25, 0.3) is 0 Å². The van der Waals surface area contributed by atoms with Crippen molar-refractivity contribution in [1.29, 1.82) is 0 Å². The highest BCUT2D eigenvalue weighted by Crippen LogP contribution is 2.53. The van der Waals surface area contributed by atoms with E-state index in [0.717, 1.165) is 48.2 Å². The molecule has 3 aliphatic heterocycles. The van der Waals surface area contributed by atoms with Gasteiger partial charge in [0.25, 0.3) is 0 Å². The number of ether oxygens (including phenoxy) is 5. The quantitative estimate of drug-likeness (QED) is 0.487. The van der Waals surface area contributed by atoms with Gasteiger partial charge in [0, 0.05) is 23.7 Å². The van der Waals surface area contributed by atoms with Crippen molar-refractivity contribution in [3.8, 4) is 23.0 Å². The number of rotatable bonds is 5. The van der Waals surface area contributed by atoms with Gasteiger partial charge in [-0.2, -0.15) is 0 Å². The van der Waals surface area contributed by atoms with Crippen molar-refractivity contribution in [1.82, 2.24) is 0 Å². The lowest BCUT2D eigenvalue weighted by atomic mass is 9.79. The second-order valence-corrected chi connectivity index (χ2v) is 8.90. The number of carbonyl (C=O) groups excluding carboxylic acids is 2. The molecular weight excluding hydrogens is 438 g/mol. The molecule has 1 fully saturated rings. The molecule has 8 nitrogen and oxygen atoms in total. The number of hydrogen-bond donors (Lipinski definition) is 0. The third kappa shape index (κ3) is 2.97. The summed E-state index contributed by atoms with van der Waals surface area (Å²) in [6, 6.07) is 7.87. The van der Waals surface area contributed by atoms with Crippen molar-refractivity contribution in [2.45, 2.75) is 37.6 Å². The fourth-order valence-corrected chi connectivity index (χ4v) is 5.75. The zero-order valence-corrected chi connectivity index (χ0v) is 19.1. The highest BCUT2D eigenvalue weighted by Gasteiger charge is 2.45. The molecule has 8 heteroatoms. The third-order valence-corrected chi connectivity index (χ3v) is 7.25. The van der Waals surface area contributed by atoms with Crippen LogP contribution in [-0.4, -0.2) is 45.9 Å². The van der Waals surface area contributed by atoms with Gasteiger partial charge in [0.1, 0.15) is 18.1 Å². The van der Waals surface area contributed by atoms with Gasteiger partial charge in [-0.05, 0) is 42.2 Å². The van der Waals surface area contributed by atoms with E-state index in [1.807, 2.05) is 12.1 Å². The van der Waals surface area contributed by atoms with E-state index in [1.54, 1.807) is 12.1 Å². The lowest BCUT2D eigenvalue weighted by molar-refractivity contribution is -0.136. The van der Waals surface area contributed by atoms with Crippen LogP contribution in [-0.2, 0) is 9.53 Å². The Morgan fingerprint density at radius 1 is 0.971 bits per heavy atom. The summed E-state index contributed by atoms with van der Waals surface area (Å²) in [6.07, 6.45) is 5.13. The van der Waals surface area contributed by atoms with E-state index in [2.05, 4.69) is 4.90 Å². The first-order chi connectivity index (χ1) is 16.6. The lowest BCUT2D eigenvalue weighted by Gasteiger charge is -2.39. The molecule has 0 bridgehead atoms. The second kappa shape index (κ2) is 7.97. The van der Waals surface area contributed by atoms with E-state index in [9.17, 15) is 9.59 Å². The fraction of sp³-hybridized carbons (Fsp3) is 0.385. The summed E-state index contributed by atoms with van der Waals surface area (Å²) >= 11 is 0. The Morgan fingerprint density at radius 3 is 2.29 bits per heavy atom. The standard InChI is InChI=1S/C26H25NO7/c1-30-20-7-14(8-21(31-2)17(20)11-28)24-16-9-22-23(34-13-33-22)10-18(16)27(15-5-3-4-6-15)19-12-32-26(29)25(19)24/h7-11,15,24H,3-6,12-13H2,1-2H3. The predicted octanol–water partition coefficient (Wildman–Crippen LogP) is 3.95. The lowest BCUT2D eigenvalue weighted by Crippen LogP contribution is -2.38.